The molecule has 1 N–H and O–H groups in total. The van der Waals surface area contributed by atoms with Crippen LogP contribution in [0.2, 0.25) is 0 Å². The van der Waals surface area contributed by atoms with Crippen LogP contribution < -0.4 is 5.32 Å². The molecule has 2 saturated heterocycles. The fourth-order valence-electron chi connectivity index (χ4n) is 2.96. The Morgan fingerprint density at radius 2 is 2.17 bits per heavy atom. The Bertz CT molecular complexity index is 362. The van der Waals surface area contributed by atoms with E-state index in [1.54, 1.807) is 0 Å². The quantitative estimate of drug-likeness (QED) is 0.880. The zero-order valence-electron chi connectivity index (χ0n) is 10.8. The molecule has 0 unspecified atom stereocenters. The molecule has 0 bridgehead atoms. The fourth-order valence-corrected chi connectivity index (χ4v) is 2.96. The zero-order chi connectivity index (χ0) is 12.2. The van der Waals surface area contributed by atoms with E-state index in [1.807, 2.05) is 0 Å². The standard InChI is InChI=1S/C15H22N2O/c1-2-5-13(6-3-1)15-12-17(9-10-18-15)11-14-7-4-8-16-14/h1-3,5-6,14-16H,4,7-12H2/t14-,15-/m0/s1. The normalized spacial score (nSPS) is 29.6. The second kappa shape index (κ2) is 5.83. The fraction of sp³-hybridized carbons (Fsp3) is 0.600. The molecule has 3 heteroatoms. The SMILES string of the molecule is c1ccc([C@@H]2CN(C[C@@H]3CCCN3)CCO2)cc1. The molecule has 3 rings (SSSR count). The van der Waals surface area contributed by atoms with Crippen molar-refractivity contribution in [2.75, 3.05) is 32.8 Å². The lowest BCUT2D eigenvalue weighted by atomic mass is 10.1. The van der Waals surface area contributed by atoms with Crippen molar-refractivity contribution < 1.29 is 4.74 Å². The Hall–Kier alpha value is -0.900. The van der Waals surface area contributed by atoms with Gasteiger partial charge in [-0.2, -0.15) is 0 Å². The maximum atomic E-state index is 5.90. The van der Waals surface area contributed by atoms with Gasteiger partial charge in [0.2, 0.25) is 0 Å². The van der Waals surface area contributed by atoms with Crippen LogP contribution in [0, 0.1) is 0 Å². The summed E-state index contributed by atoms with van der Waals surface area (Å²) in [5.41, 5.74) is 1.31. The molecule has 0 amide bonds. The average molecular weight is 246 g/mol. The van der Waals surface area contributed by atoms with E-state index >= 15 is 0 Å². The molecule has 2 aliphatic heterocycles. The van der Waals surface area contributed by atoms with Crippen LogP contribution in [0.4, 0.5) is 0 Å². The van der Waals surface area contributed by atoms with Gasteiger partial charge in [-0.05, 0) is 24.9 Å². The Morgan fingerprint density at radius 1 is 1.28 bits per heavy atom. The van der Waals surface area contributed by atoms with Crippen molar-refractivity contribution >= 4 is 0 Å². The number of benzene rings is 1. The molecule has 2 atom stereocenters. The number of ether oxygens (including phenoxy) is 1. The first-order valence-corrected chi connectivity index (χ1v) is 7.04. The minimum atomic E-state index is 0.251. The van der Waals surface area contributed by atoms with Gasteiger partial charge in [-0.1, -0.05) is 30.3 Å². The predicted octanol–water partition coefficient (Wildman–Crippen LogP) is 1.81. The van der Waals surface area contributed by atoms with E-state index in [0.29, 0.717) is 6.04 Å². The first kappa shape index (κ1) is 12.2. The molecule has 2 fully saturated rings. The summed E-state index contributed by atoms with van der Waals surface area (Å²) in [7, 11) is 0. The molecule has 0 aliphatic carbocycles. The van der Waals surface area contributed by atoms with Crippen molar-refractivity contribution in [2.45, 2.75) is 25.0 Å². The van der Waals surface area contributed by atoms with Gasteiger partial charge in [-0.15, -0.1) is 0 Å². The van der Waals surface area contributed by atoms with Crippen molar-refractivity contribution in [3.05, 3.63) is 35.9 Å². The number of morpholine rings is 1. The van der Waals surface area contributed by atoms with Gasteiger partial charge in [0.1, 0.15) is 0 Å². The van der Waals surface area contributed by atoms with E-state index in [4.69, 9.17) is 4.74 Å². The Labute approximate surface area is 109 Å². The van der Waals surface area contributed by atoms with Crippen LogP contribution in [0.15, 0.2) is 30.3 Å². The van der Waals surface area contributed by atoms with Gasteiger partial charge >= 0.3 is 0 Å². The highest BCUT2D eigenvalue weighted by molar-refractivity contribution is 5.18. The number of hydrogen-bond acceptors (Lipinski definition) is 3. The maximum Gasteiger partial charge on any atom is 0.0952 e. The zero-order valence-corrected chi connectivity index (χ0v) is 10.8. The van der Waals surface area contributed by atoms with E-state index < -0.39 is 0 Å². The molecule has 0 saturated carbocycles. The maximum absolute atomic E-state index is 5.90. The molecule has 0 radical (unpaired) electrons. The van der Waals surface area contributed by atoms with E-state index in [1.165, 1.54) is 31.5 Å². The molecule has 0 aromatic heterocycles. The third-order valence-corrected chi connectivity index (χ3v) is 3.96. The minimum Gasteiger partial charge on any atom is -0.371 e. The van der Waals surface area contributed by atoms with Crippen LogP contribution in [-0.4, -0.2) is 43.7 Å². The molecule has 1 aromatic carbocycles. The van der Waals surface area contributed by atoms with Crippen molar-refractivity contribution in [2.24, 2.45) is 0 Å². The lowest BCUT2D eigenvalue weighted by Gasteiger charge is -2.34. The number of rotatable bonds is 3. The monoisotopic (exact) mass is 246 g/mol. The second-order valence-electron chi connectivity index (χ2n) is 5.32. The first-order valence-electron chi connectivity index (χ1n) is 7.04. The van der Waals surface area contributed by atoms with Crippen molar-refractivity contribution in [3.8, 4) is 0 Å². The van der Waals surface area contributed by atoms with Crippen LogP contribution >= 0.6 is 0 Å². The molecular formula is C15H22N2O. The molecule has 0 spiro atoms. The predicted molar refractivity (Wildman–Crippen MR) is 72.6 cm³/mol. The van der Waals surface area contributed by atoms with E-state index in [0.717, 1.165) is 19.7 Å². The van der Waals surface area contributed by atoms with Crippen LogP contribution in [0.25, 0.3) is 0 Å². The summed E-state index contributed by atoms with van der Waals surface area (Å²) in [5, 5.41) is 3.58. The molecule has 98 valence electrons. The van der Waals surface area contributed by atoms with E-state index in [9.17, 15) is 0 Å². The number of nitrogens with one attached hydrogen (secondary N) is 1. The second-order valence-corrected chi connectivity index (χ2v) is 5.32. The van der Waals surface area contributed by atoms with Crippen molar-refractivity contribution in [1.82, 2.24) is 10.2 Å². The van der Waals surface area contributed by atoms with Crippen LogP contribution in [-0.2, 0) is 4.74 Å². The molecule has 2 aliphatic rings. The molecule has 1 aromatic rings. The first-order chi connectivity index (χ1) is 8.92. The van der Waals surface area contributed by atoms with Crippen molar-refractivity contribution in [1.29, 1.82) is 0 Å². The van der Waals surface area contributed by atoms with Gasteiger partial charge in [0, 0.05) is 25.7 Å². The Kier molecular flexibility index (Phi) is 3.93. The lowest BCUT2D eigenvalue weighted by Crippen LogP contribution is -2.44. The van der Waals surface area contributed by atoms with Gasteiger partial charge in [-0.25, -0.2) is 0 Å². The molecular weight excluding hydrogens is 224 g/mol. The van der Waals surface area contributed by atoms with Crippen molar-refractivity contribution in [3.63, 3.8) is 0 Å². The highest BCUT2D eigenvalue weighted by Crippen LogP contribution is 2.22. The van der Waals surface area contributed by atoms with Crippen LogP contribution in [0.3, 0.4) is 0 Å². The third-order valence-electron chi connectivity index (χ3n) is 3.96. The van der Waals surface area contributed by atoms with Crippen LogP contribution in [0.5, 0.6) is 0 Å². The Balaban J connectivity index is 1.58. The summed E-state index contributed by atoms with van der Waals surface area (Å²) in [5.74, 6) is 0. The lowest BCUT2D eigenvalue weighted by molar-refractivity contribution is -0.0320. The van der Waals surface area contributed by atoms with Gasteiger partial charge in [-0.3, -0.25) is 4.90 Å². The smallest absolute Gasteiger partial charge is 0.0952 e. The number of hydrogen-bond donors (Lipinski definition) is 1. The molecule has 2 heterocycles. The van der Waals surface area contributed by atoms with Gasteiger partial charge in [0.25, 0.3) is 0 Å². The van der Waals surface area contributed by atoms with Gasteiger partial charge in [0.05, 0.1) is 12.7 Å². The summed E-state index contributed by atoms with van der Waals surface area (Å²) in [4.78, 5) is 2.55. The summed E-state index contributed by atoms with van der Waals surface area (Å²) in [6.45, 7) is 5.32. The molecule has 3 nitrogen and oxygen atoms in total. The molecule has 18 heavy (non-hydrogen) atoms. The topological polar surface area (TPSA) is 24.5 Å². The Morgan fingerprint density at radius 3 is 2.94 bits per heavy atom. The van der Waals surface area contributed by atoms with E-state index in [2.05, 4.69) is 40.5 Å². The summed E-state index contributed by atoms with van der Waals surface area (Å²) < 4.78 is 5.90. The largest absolute Gasteiger partial charge is 0.371 e. The summed E-state index contributed by atoms with van der Waals surface area (Å²) in [6.07, 6.45) is 2.91. The highest BCUT2D eigenvalue weighted by atomic mass is 16.5. The summed E-state index contributed by atoms with van der Waals surface area (Å²) in [6, 6.07) is 11.3. The number of nitrogens with zero attached hydrogens (tertiary/aromatic N) is 1. The highest BCUT2D eigenvalue weighted by Gasteiger charge is 2.24. The minimum absolute atomic E-state index is 0.251. The van der Waals surface area contributed by atoms with Gasteiger partial charge in [0.15, 0.2) is 0 Å². The van der Waals surface area contributed by atoms with Crippen LogP contribution in [0.1, 0.15) is 24.5 Å². The van der Waals surface area contributed by atoms with Gasteiger partial charge < -0.3 is 10.1 Å². The van der Waals surface area contributed by atoms with E-state index in [-0.39, 0.29) is 6.10 Å². The average Bonchev–Trinajstić information content (AvgIpc) is 2.93. The third kappa shape index (κ3) is 2.91. The summed E-state index contributed by atoms with van der Waals surface area (Å²) >= 11 is 0.